The molecule has 2 atom stereocenters. The van der Waals surface area contributed by atoms with Crippen LogP contribution in [0.15, 0.2) is 11.8 Å². The Labute approximate surface area is 86.5 Å². The molecule has 2 unspecified atom stereocenters. The van der Waals surface area contributed by atoms with Gasteiger partial charge in [0.05, 0.1) is 12.9 Å². The molecule has 0 bridgehead atoms. The molecule has 0 radical (unpaired) electrons. The fraction of sp³-hybridized carbons (Fsp3) is 0.818. The van der Waals surface area contributed by atoms with E-state index in [1.54, 1.807) is 14.2 Å². The first kappa shape index (κ1) is 11.5. The van der Waals surface area contributed by atoms with Crippen molar-refractivity contribution in [2.45, 2.75) is 12.8 Å². The SMILES string of the molecule is CNCC1CC=C(OC)CC1COC. The van der Waals surface area contributed by atoms with Crippen LogP contribution in [0.1, 0.15) is 12.8 Å². The van der Waals surface area contributed by atoms with Crippen molar-refractivity contribution in [2.75, 3.05) is 34.4 Å². The second kappa shape index (κ2) is 6.04. The summed E-state index contributed by atoms with van der Waals surface area (Å²) in [6.07, 6.45) is 4.31. The van der Waals surface area contributed by atoms with Crippen molar-refractivity contribution in [3.63, 3.8) is 0 Å². The first-order valence-corrected chi connectivity index (χ1v) is 5.18. The zero-order valence-electron chi connectivity index (χ0n) is 9.38. The Balaban J connectivity index is 2.53. The standard InChI is InChI=1S/C11H21NO2/c1-12-7-9-4-5-11(14-3)6-10(9)8-13-2/h5,9-10,12H,4,6-8H2,1-3H3. The zero-order chi connectivity index (χ0) is 10.4. The van der Waals surface area contributed by atoms with Crippen LogP contribution in [0.4, 0.5) is 0 Å². The fourth-order valence-electron chi connectivity index (χ4n) is 2.07. The molecule has 0 fully saturated rings. The van der Waals surface area contributed by atoms with E-state index >= 15 is 0 Å². The minimum Gasteiger partial charge on any atom is -0.501 e. The molecule has 3 nitrogen and oxygen atoms in total. The number of hydrogen-bond acceptors (Lipinski definition) is 3. The number of allylic oxidation sites excluding steroid dienone is 2. The Bertz CT molecular complexity index is 192. The molecule has 3 heteroatoms. The minimum atomic E-state index is 0.590. The molecule has 0 saturated carbocycles. The average molecular weight is 199 g/mol. The van der Waals surface area contributed by atoms with Crippen LogP contribution in [0.5, 0.6) is 0 Å². The maximum Gasteiger partial charge on any atom is 0.0919 e. The molecule has 0 aromatic heterocycles. The third-order valence-electron chi connectivity index (χ3n) is 2.89. The van der Waals surface area contributed by atoms with Gasteiger partial charge in [0.15, 0.2) is 0 Å². The van der Waals surface area contributed by atoms with Crippen molar-refractivity contribution in [2.24, 2.45) is 11.8 Å². The highest BCUT2D eigenvalue weighted by Crippen LogP contribution is 2.29. The summed E-state index contributed by atoms with van der Waals surface area (Å²) in [6.45, 7) is 1.88. The lowest BCUT2D eigenvalue weighted by molar-refractivity contribution is 0.100. The third-order valence-corrected chi connectivity index (χ3v) is 2.89. The van der Waals surface area contributed by atoms with Gasteiger partial charge in [-0.3, -0.25) is 0 Å². The Hall–Kier alpha value is -0.540. The second-order valence-electron chi connectivity index (χ2n) is 3.85. The third kappa shape index (κ3) is 3.00. The van der Waals surface area contributed by atoms with Crippen LogP contribution in [0.3, 0.4) is 0 Å². The monoisotopic (exact) mass is 199 g/mol. The quantitative estimate of drug-likeness (QED) is 0.726. The lowest BCUT2D eigenvalue weighted by Gasteiger charge is -2.30. The van der Waals surface area contributed by atoms with E-state index in [1.165, 1.54) is 0 Å². The molecular formula is C11H21NO2. The van der Waals surface area contributed by atoms with Crippen molar-refractivity contribution in [3.05, 3.63) is 11.8 Å². The molecule has 0 aliphatic heterocycles. The summed E-state index contributed by atoms with van der Waals surface area (Å²) in [5, 5.41) is 3.23. The highest BCUT2D eigenvalue weighted by molar-refractivity contribution is 5.02. The maximum absolute atomic E-state index is 5.28. The molecule has 0 aromatic rings. The number of methoxy groups -OCH3 is 2. The van der Waals surface area contributed by atoms with Gasteiger partial charge in [-0.1, -0.05) is 0 Å². The van der Waals surface area contributed by atoms with Crippen LogP contribution in [0.2, 0.25) is 0 Å². The highest BCUT2D eigenvalue weighted by atomic mass is 16.5. The normalized spacial score (nSPS) is 27.2. The maximum atomic E-state index is 5.28. The van der Waals surface area contributed by atoms with E-state index in [0.29, 0.717) is 11.8 Å². The van der Waals surface area contributed by atoms with Gasteiger partial charge in [0.2, 0.25) is 0 Å². The number of rotatable bonds is 5. The van der Waals surface area contributed by atoms with E-state index in [1.807, 2.05) is 7.05 Å². The van der Waals surface area contributed by atoms with Crippen LogP contribution >= 0.6 is 0 Å². The molecular weight excluding hydrogens is 178 g/mol. The summed E-state index contributed by atoms with van der Waals surface area (Å²) in [6, 6.07) is 0. The molecule has 14 heavy (non-hydrogen) atoms. The van der Waals surface area contributed by atoms with E-state index in [9.17, 15) is 0 Å². The average Bonchev–Trinajstić information content (AvgIpc) is 2.21. The molecule has 0 saturated heterocycles. The molecule has 0 heterocycles. The van der Waals surface area contributed by atoms with E-state index < -0.39 is 0 Å². The van der Waals surface area contributed by atoms with Crippen LogP contribution in [-0.4, -0.2) is 34.4 Å². The molecule has 82 valence electrons. The minimum absolute atomic E-state index is 0.590. The number of ether oxygens (including phenoxy) is 2. The summed E-state index contributed by atoms with van der Waals surface area (Å²) in [4.78, 5) is 0. The zero-order valence-corrected chi connectivity index (χ0v) is 9.38. The summed E-state index contributed by atoms with van der Waals surface area (Å²) in [5.74, 6) is 2.38. The van der Waals surface area contributed by atoms with Gasteiger partial charge in [-0.2, -0.15) is 0 Å². The molecule has 0 amide bonds. The first-order chi connectivity index (χ1) is 6.81. The van der Waals surface area contributed by atoms with Gasteiger partial charge < -0.3 is 14.8 Å². The van der Waals surface area contributed by atoms with Gasteiger partial charge in [0.1, 0.15) is 0 Å². The lowest BCUT2D eigenvalue weighted by Crippen LogP contribution is -2.31. The second-order valence-corrected chi connectivity index (χ2v) is 3.85. The van der Waals surface area contributed by atoms with Crippen molar-refractivity contribution in [1.29, 1.82) is 0 Å². The largest absolute Gasteiger partial charge is 0.501 e. The van der Waals surface area contributed by atoms with Crippen molar-refractivity contribution in [1.82, 2.24) is 5.32 Å². The van der Waals surface area contributed by atoms with Crippen LogP contribution in [0, 0.1) is 11.8 Å². The van der Waals surface area contributed by atoms with Gasteiger partial charge in [-0.25, -0.2) is 0 Å². The number of nitrogens with one attached hydrogen (secondary N) is 1. The first-order valence-electron chi connectivity index (χ1n) is 5.18. The summed E-state index contributed by atoms with van der Waals surface area (Å²) < 4.78 is 10.5. The van der Waals surface area contributed by atoms with E-state index in [4.69, 9.17) is 9.47 Å². The lowest BCUT2D eigenvalue weighted by atomic mass is 9.82. The molecule has 1 aliphatic rings. The Morgan fingerprint density at radius 3 is 2.79 bits per heavy atom. The van der Waals surface area contributed by atoms with E-state index in [2.05, 4.69) is 11.4 Å². The van der Waals surface area contributed by atoms with Crippen LogP contribution in [0.25, 0.3) is 0 Å². The van der Waals surface area contributed by atoms with Gasteiger partial charge >= 0.3 is 0 Å². The highest BCUT2D eigenvalue weighted by Gasteiger charge is 2.25. The Kier molecular flexibility index (Phi) is 4.98. The molecule has 1 N–H and O–H groups in total. The predicted molar refractivity (Wildman–Crippen MR) is 57.1 cm³/mol. The summed E-state index contributed by atoms with van der Waals surface area (Å²) in [7, 11) is 5.51. The van der Waals surface area contributed by atoms with Gasteiger partial charge in [-0.05, 0) is 37.9 Å². The topological polar surface area (TPSA) is 30.5 Å². The van der Waals surface area contributed by atoms with Crippen LogP contribution < -0.4 is 5.32 Å². The summed E-state index contributed by atoms with van der Waals surface area (Å²) >= 11 is 0. The molecule has 0 aromatic carbocycles. The predicted octanol–water partition coefficient (Wildman–Crippen LogP) is 1.41. The van der Waals surface area contributed by atoms with Gasteiger partial charge in [0.25, 0.3) is 0 Å². The van der Waals surface area contributed by atoms with Crippen molar-refractivity contribution >= 4 is 0 Å². The van der Waals surface area contributed by atoms with Crippen molar-refractivity contribution in [3.8, 4) is 0 Å². The Morgan fingerprint density at radius 1 is 1.43 bits per heavy atom. The van der Waals surface area contributed by atoms with Crippen molar-refractivity contribution < 1.29 is 9.47 Å². The molecule has 1 rings (SSSR count). The Morgan fingerprint density at radius 2 is 2.21 bits per heavy atom. The van der Waals surface area contributed by atoms with E-state index in [0.717, 1.165) is 31.8 Å². The number of hydrogen-bond donors (Lipinski definition) is 1. The fourth-order valence-corrected chi connectivity index (χ4v) is 2.07. The molecule has 1 aliphatic carbocycles. The summed E-state index contributed by atoms with van der Waals surface area (Å²) in [5.41, 5.74) is 0. The smallest absolute Gasteiger partial charge is 0.0919 e. The van der Waals surface area contributed by atoms with E-state index in [-0.39, 0.29) is 0 Å². The van der Waals surface area contributed by atoms with Crippen LogP contribution in [-0.2, 0) is 9.47 Å². The van der Waals surface area contributed by atoms with Gasteiger partial charge in [-0.15, -0.1) is 0 Å². The van der Waals surface area contributed by atoms with Gasteiger partial charge in [0, 0.05) is 20.1 Å². The molecule has 0 spiro atoms.